The minimum absolute atomic E-state index is 0.984. The van der Waals surface area contributed by atoms with Gasteiger partial charge in [0.2, 0.25) is 0 Å². The summed E-state index contributed by atoms with van der Waals surface area (Å²) in [6.07, 6.45) is 0. The van der Waals surface area contributed by atoms with Crippen LogP contribution in [0.5, 0.6) is 0 Å². The summed E-state index contributed by atoms with van der Waals surface area (Å²) in [6.45, 7) is 0. The van der Waals surface area contributed by atoms with E-state index in [1.807, 2.05) is 6.07 Å². The zero-order chi connectivity index (χ0) is 18.2. The second kappa shape index (κ2) is 4.90. The normalized spacial score (nSPS) is 12.3. The second-order valence-electron chi connectivity index (χ2n) is 7.36. The Morgan fingerprint density at radius 3 is 2.36 bits per heavy atom. The van der Waals surface area contributed by atoms with Gasteiger partial charge in [0, 0.05) is 32.8 Å². The van der Waals surface area contributed by atoms with Gasteiger partial charge in [0.05, 0.1) is 16.6 Å². The first-order valence-corrected chi connectivity index (χ1v) is 9.51. The number of nitrogens with one attached hydrogen (secondary N) is 1. The molecule has 3 heteroatoms. The molecule has 0 aliphatic rings. The molecule has 0 atom stereocenters. The highest BCUT2D eigenvalue weighted by atomic mass is 15.0. The van der Waals surface area contributed by atoms with E-state index in [1.165, 1.54) is 38.1 Å². The van der Waals surface area contributed by atoms with E-state index in [1.54, 1.807) is 0 Å². The van der Waals surface area contributed by atoms with E-state index < -0.39 is 0 Å². The van der Waals surface area contributed by atoms with Gasteiger partial charge in [0.25, 0.3) is 0 Å². The highest BCUT2D eigenvalue weighted by Crippen LogP contribution is 2.40. The molecule has 0 unspecified atom stereocenters. The fraction of sp³-hybridized carbons (Fsp3) is 0. The standard InChI is InChI=1S/C25H15N3/c1-2-7-15(8-3-1)25-27-20-14-13-19-23-22-17(10-6-11-18(22)26-19)16-9-4-5-12-21(16)28(25)24(20)23/h1-14,26H. The lowest BCUT2D eigenvalue weighted by Gasteiger charge is -2.04. The molecule has 3 nitrogen and oxygen atoms in total. The maximum Gasteiger partial charge on any atom is 0.145 e. The van der Waals surface area contributed by atoms with Crippen molar-refractivity contribution in [1.29, 1.82) is 0 Å². The van der Waals surface area contributed by atoms with Crippen LogP contribution in [0.15, 0.2) is 84.9 Å². The van der Waals surface area contributed by atoms with Gasteiger partial charge in [0.1, 0.15) is 5.82 Å². The number of nitrogens with zero attached hydrogens (tertiary/aromatic N) is 2. The van der Waals surface area contributed by atoms with E-state index in [-0.39, 0.29) is 0 Å². The fourth-order valence-electron chi connectivity index (χ4n) is 4.73. The lowest BCUT2D eigenvalue weighted by atomic mass is 10.1. The summed E-state index contributed by atoms with van der Waals surface area (Å²) in [6, 6.07) is 29.9. The maximum absolute atomic E-state index is 5.07. The third-order valence-corrected chi connectivity index (χ3v) is 5.87. The van der Waals surface area contributed by atoms with Gasteiger partial charge in [-0.2, -0.15) is 0 Å². The third-order valence-electron chi connectivity index (χ3n) is 5.87. The number of imidazole rings is 1. The van der Waals surface area contributed by atoms with E-state index in [4.69, 9.17) is 4.98 Å². The largest absolute Gasteiger partial charge is 0.354 e. The molecule has 0 bridgehead atoms. The number of aromatic amines is 1. The smallest absolute Gasteiger partial charge is 0.145 e. The SMILES string of the molecule is c1ccc(-c2nc3ccc4[nH]c5cccc6c7ccccc7n2c3c4c56)cc1. The quantitative estimate of drug-likeness (QED) is 0.363. The summed E-state index contributed by atoms with van der Waals surface area (Å²) in [5.41, 5.74) is 6.84. The van der Waals surface area contributed by atoms with Crippen LogP contribution >= 0.6 is 0 Å². The number of para-hydroxylation sites is 1. The van der Waals surface area contributed by atoms with Crippen molar-refractivity contribution in [2.75, 3.05) is 0 Å². The Bertz CT molecular complexity index is 1650. The summed E-state index contributed by atoms with van der Waals surface area (Å²) >= 11 is 0. The van der Waals surface area contributed by atoms with Gasteiger partial charge in [-0.1, -0.05) is 60.7 Å². The molecule has 0 saturated carbocycles. The van der Waals surface area contributed by atoms with Crippen molar-refractivity contribution in [2.24, 2.45) is 0 Å². The van der Waals surface area contributed by atoms with Crippen LogP contribution in [-0.2, 0) is 0 Å². The van der Waals surface area contributed by atoms with Gasteiger partial charge in [-0.3, -0.25) is 4.40 Å². The van der Waals surface area contributed by atoms with Gasteiger partial charge < -0.3 is 4.98 Å². The molecule has 7 rings (SSSR count). The topological polar surface area (TPSA) is 33.1 Å². The molecule has 3 heterocycles. The molecule has 7 aromatic rings. The predicted molar refractivity (Wildman–Crippen MR) is 116 cm³/mol. The zero-order valence-corrected chi connectivity index (χ0v) is 15.0. The van der Waals surface area contributed by atoms with Crippen LogP contribution in [0, 0.1) is 0 Å². The molecular weight excluding hydrogens is 342 g/mol. The molecule has 4 aromatic carbocycles. The highest BCUT2D eigenvalue weighted by molar-refractivity contribution is 6.29. The van der Waals surface area contributed by atoms with E-state index in [0.717, 1.165) is 22.4 Å². The minimum Gasteiger partial charge on any atom is -0.354 e. The van der Waals surface area contributed by atoms with Crippen LogP contribution in [0.25, 0.3) is 60.5 Å². The zero-order valence-electron chi connectivity index (χ0n) is 15.0. The molecule has 28 heavy (non-hydrogen) atoms. The molecule has 3 aromatic heterocycles. The molecule has 0 aliphatic carbocycles. The number of H-pyrrole nitrogens is 1. The Morgan fingerprint density at radius 1 is 0.643 bits per heavy atom. The van der Waals surface area contributed by atoms with Gasteiger partial charge >= 0.3 is 0 Å². The van der Waals surface area contributed by atoms with Gasteiger partial charge in [-0.05, 0) is 29.7 Å². The predicted octanol–water partition coefficient (Wildman–Crippen LogP) is 6.38. The molecular formula is C25H15N3. The summed E-state index contributed by atoms with van der Waals surface area (Å²) in [7, 11) is 0. The Labute approximate surface area is 160 Å². The van der Waals surface area contributed by atoms with Crippen LogP contribution in [0.4, 0.5) is 0 Å². The first-order valence-electron chi connectivity index (χ1n) is 9.51. The van der Waals surface area contributed by atoms with E-state index in [9.17, 15) is 0 Å². The van der Waals surface area contributed by atoms with Crippen LogP contribution in [0.2, 0.25) is 0 Å². The lowest BCUT2D eigenvalue weighted by Crippen LogP contribution is -1.90. The highest BCUT2D eigenvalue weighted by Gasteiger charge is 2.20. The Kier molecular flexibility index (Phi) is 2.49. The molecule has 0 saturated heterocycles. The Balaban J connectivity index is 1.92. The average Bonchev–Trinajstić information content (AvgIpc) is 3.28. The van der Waals surface area contributed by atoms with Crippen molar-refractivity contribution >= 4 is 49.1 Å². The van der Waals surface area contributed by atoms with Crippen molar-refractivity contribution in [2.45, 2.75) is 0 Å². The van der Waals surface area contributed by atoms with Crippen molar-refractivity contribution < 1.29 is 0 Å². The van der Waals surface area contributed by atoms with Crippen LogP contribution < -0.4 is 0 Å². The molecule has 0 spiro atoms. The average molecular weight is 357 g/mol. The van der Waals surface area contributed by atoms with Crippen LogP contribution in [0.3, 0.4) is 0 Å². The van der Waals surface area contributed by atoms with Gasteiger partial charge in [0.15, 0.2) is 0 Å². The summed E-state index contributed by atoms with van der Waals surface area (Å²) < 4.78 is 2.34. The molecule has 1 N–H and O–H groups in total. The number of benzene rings is 4. The first-order chi connectivity index (χ1) is 13.9. The van der Waals surface area contributed by atoms with Crippen molar-refractivity contribution in [1.82, 2.24) is 14.4 Å². The van der Waals surface area contributed by atoms with Crippen LogP contribution in [0.1, 0.15) is 0 Å². The molecule has 0 radical (unpaired) electrons. The van der Waals surface area contributed by atoms with Crippen molar-refractivity contribution in [3.05, 3.63) is 84.9 Å². The van der Waals surface area contributed by atoms with Gasteiger partial charge in [-0.15, -0.1) is 0 Å². The van der Waals surface area contributed by atoms with E-state index in [0.29, 0.717) is 0 Å². The lowest BCUT2D eigenvalue weighted by molar-refractivity contribution is 1.23. The number of hydrogen-bond donors (Lipinski definition) is 1. The van der Waals surface area contributed by atoms with Crippen molar-refractivity contribution in [3.63, 3.8) is 0 Å². The number of fused-ring (bicyclic) bond motifs is 3. The van der Waals surface area contributed by atoms with E-state index >= 15 is 0 Å². The number of hydrogen-bond acceptors (Lipinski definition) is 1. The first kappa shape index (κ1) is 14.2. The third kappa shape index (κ3) is 1.62. The Hall–Kier alpha value is -3.85. The van der Waals surface area contributed by atoms with Crippen molar-refractivity contribution in [3.8, 4) is 11.4 Å². The summed E-state index contributed by atoms with van der Waals surface area (Å²) in [4.78, 5) is 8.68. The maximum atomic E-state index is 5.07. The second-order valence-corrected chi connectivity index (χ2v) is 7.36. The van der Waals surface area contributed by atoms with Gasteiger partial charge in [-0.25, -0.2) is 4.98 Å². The van der Waals surface area contributed by atoms with E-state index in [2.05, 4.69) is 88.2 Å². The molecule has 0 fully saturated rings. The molecule has 130 valence electrons. The molecule has 0 amide bonds. The fourth-order valence-corrected chi connectivity index (χ4v) is 4.73. The minimum atomic E-state index is 0.984. The molecule has 0 aliphatic heterocycles. The van der Waals surface area contributed by atoms with Crippen LogP contribution in [-0.4, -0.2) is 14.4 Å². The number of rotatable bonds is 1. The number of aromatic nitrogens is 3. The monoisotopic (exact) mass is 357 g/mol. The Morgan fingerprint density at radius 2 is 1.43 bits per heavy atom. The summed E-state index contributed by atoms with van der Waals surface area (Å²) in [5, 5.41) is 5.05. The summed E-state index contributed by atoms with van der Waals surface area (Å²) in [5.74, 6) is 0.984.